The van der Waals surface area contributed by atoms with Gasteiger partial charge >= 0.3 is 0 Å². The first kappa shape index (κ1) is 8.72. The quantitative estimate of drug-likeness (QED) is 0.558. The van der Waals surface area contributed by atoms with Crippen LogP contribution < -0.4 is 5.73 Å². The van der Waals surface area contributed by atoms with Crippen LogP contribution in [0.4, 0.5) is 5.69 Å². The molecule has 0 saturated heterocycles. The van der Waals surface area contributed by atoms with Gasteiger partial charge in [-0.3, -0.25) is 0 Å². The summed E-state index contributed by atoms with van der Waals surface area (Å²) < 4.78 is 21.6. The van der Waals surface area contributed by atoms with Crippen molar-refractivity contribution in [3.05, 3.63) is 6.20 Å². The lowest BCUT2D eigenvalue weighted by atomic mass is 10.5. The van der Waals surface area contributed by atoms with E-state index >= 15 is 0 Å². The van der Waals surface area contributed by atoms with Crippen molar-refractivity contribution in [3.63, 3.8) is 0 Å². The first-order valence-electron chi connectivity index (χ1n) is 2.93. The maximum absolute atomic E-state index is 10.8. The van der Waals surface area contributed by atoms with E-state index in [0.717, 1.165) is 12.5 Å². The molecule has 0 bridgehead atoms. The van der Waals surface area contributed by atoms with Crippen LogP contribution in [0.5, 0.6) is 5.88 Å². The minimum absolute atomic E-state index is 0.0533. The Morgan fingerprint density at radius 1 is 1.58 bits per heavy atom. The van der Waals surface area contributed by atoms with E-state index < -0.39 is 20.9 Å². The molecule has 0 amide bonds. The third kappa shape index (κ3) is 1.62. The van der Waals surface area contributed by atoms with Crippen LogP contribution in [-0.4, -0.2) is 29.7 Å². The lowest BCUT2D eigenvalue weighted by molar-refractivity contribution is 0.446. The first-order valence-corrected chi connectivity index (χ1v) is 4.82. The van der Waals surface area contributed by atoms with E-state index in [9.17, 15) is 8.42 Å². The van der Waals surface area contributed by atoms with Crippen molar-refractivity contribution in [1.82, 2.24) is 9.97 Å². The van der Waals surface area contributed by atoms with Gasteiger partial charge in [0.2, 0.25) is 20.9 Å². The van der Waals surface area contributed by atoms with E-state index in [-0.39, 0.29) is 5.69 Å². The summed E-state index contributed by atoms with van der Waals surface area (Å²) in [5.74, 6) is -0.523. The van der Waals surface area contributed by atoms with Crippen LogP contribution in [-0.2, 0) is 9.84 Å². The van der Waals surface area contributed by atoms with E-state index in [0.29, 0.717) is 0 Å². The minimum Gasteiger partial charge on any atom is -0.492 e. The number of hydrogen-bond donors (Lipinski definition) is 2. The first-order chi connectivity index (χ1) is 5.41. The molecular weight excluding hydrogens is 182 g/mol. The second-order valence-electron chi connectivity index (χ2n) is 2.20. The molecule has 0 unspecified atom stereocenters. The second-order valence-corrected chi connectivity index (χ2v) is 4.11. The number of nitrogens with two attached hydrogens (primary N) is 1. The number of hydrogen-bond acceptors (Lipinski definition) is 6. The van der Waals surface area contributed by atoms with Crippen molar-refractivity contribution in [2.75, 3.05) is 12.0 Å². The fraction of sp³-hybridized carbons (Fsp3) is 0.200. The molecule has 3 N–H and O–H groups in total. The second kappa shape index (κ2) is 2.59. The van der Waals surface area contributed by atoms with E-state index in [4.69, 9.17) is 10.8 Å². The largest absolute Gasteiger partial charge is 0.492 e. The van der Waals surface area contributed by atoms with Crippen molar-refractivity contribution in [2.24, 2.45) is 0 Å². The van der Waals surface area contributed by atoms with Crippen LogP contribution in [0.1, 0.15) is 0 Å². The summed E-state index contributed by atoms with van der Waals surface area (Å²) >= 11 is 0. The number of anilines is 1. The molecule has 0 fully saturated rings. The molecule has 0 spiro atoms. The molecule has 0 aromatic carbocycles. The lowest BCUT2D eigenvalue weighted by Crippen LogP contribution is -2.04. The third-order valence-corrected chi connectivity index (χ3v) is 1.97. The minimum atomic E-state index is -3.48. The van der Waals surface area contributed by atoms with Gasteiger partial charge in [0.1, 0.15) is 5.69 Å². The SMILES string of the molecule is CS(=O)(=O)c1ncc(N)c(O)n1. The predicted molar refractivity (Wildman–Crippen MR) is 41.2 cm³/mol. The number of rotatable bonds is 1. The van der Waals surface area contributed by atoms with Gasteiger partial charge in [-0.1, -0.05) is 0 Å². The van der Waals surface area contributed by atoms with Crippen molar-refractivity contribution in [1.29, 1.82) is 0 Å². The Balaban J connectivity index is 3.33. The van der Waals surface area contributed by atoms with E-state index in [1.807, 2.05) is 0 Å². The predicted octanol–water partition coefficient (Wildman–Crippen LogP) is -0.832. The Kier molecular flexibility index (Phi) is 1.89. The van der Waals surface area contributed by atoms with Gasteiger partial charge in [0, 0.05) is 6.26 Å². The highest BCUT2D eigenvalue weighted by Gasteiger charge is 2.12. The molecule has 1 aromatic heterocycles. The van der Waals surface area contributed by atoms with Crippen LogP contribution >= 0.6 is 0 Å². The number of nitrogen functional groups attached to an aromatic ring is 1. The molecule has 1 aromatic rings. The Morgan fingerprint density at radius 3 is 2.58 bits per heavy atom. The summed E-state index contributed by atoms with van der Waals surface area (Å²) in [7, 11) is -3.48. The average Bonchev–Trinajstić information content (AvgIpc) is 1.92. The summed E-state index contributed by atoms with van der Waals surface area (Å²) in [5.41, 5.74) is 5.11. The smallest absolute Gasteiger partial charge is 0.250 e. The molecule has 1 rings (SSSR count). The average molecular weight is 189 g/mol. The fourth-order valence-corrected chi connectivity index (χ4v) is 1.04. The van der Waals surface area contributed by atoms with Gasteiger partial charge in [-0.25, -0.2) is 13.4 Å². The van der Waals surface area contributed by atoms with E-state index in [1.165, 1.54) is 0 Å². The van der Waals surface area contributed by atoms with Gasteiger partial charge in [-0.15, -0.1) is 0 Å². The fourth-order valence-electron chi connectivity index (χ4n) is 0.545. The maximum Gasteiger partial charge on any atom is 0.250 e. The van der Waals surface area contributed by atoms with E-state index in [2.05, 4.69) is 9.97 Å². The molecule has 1 heterocycles. The third-order valence-electron chi connectivity index (χ3n) is 1.11. The normalized spacial score (nSPS) is 11.4. The maximum atomic E-state index is 10.8. The Hall–Kier alpha value is -1.37. The Morgan fingerprint density at radius 2 is 2.17 bits per heavy atom. The van der Waals surface area contributed by atoms with Gasteiger partial charge < -0.3 is 10.8 Å². The Labute approximate surface area is 69.0 Å². The zero-order valence-electron chi connectivity index (χ0n) is 6.22. The molecule has 6 nitrogen and oxygen atoms in total. The molecular formula is C5H7N3O3S. The van der Waals surface area contributed by atoms with Gasteiger partial charge in [-0.2, -0.15) is 4.98 Å². The highest BCUT2D eigenvalue weighted by Crippen LogP contribution is 2.15. The number of sulfone groups is 1. The number of nitrogens with zero attached hydrogens (tertiary/aromatic N) is 2. The molecule has 0 atom stereocenters. The van der Waals surface area contributed by atoms with Gasteiger partial charge in [0.15, 0.2) is 0 Å². The monoisotopic (exact) mass is 189 g/mol. The molecule has 66 valence electrons. The number of aromatic nitrogens is 2. The van der Waals surface area contributed by atoms with Crippen LogP contribution in [0.15, 0.2) is 11.4 Å². The van der Waals surface area contributed by atoms with Gasteiger partial charge in [0.25, 0.3) is 0 Å². The molecule has 0 aliphatic heterocycles. The summed E-state index contributed by atoms with van der Waals surface area (Å²) in [6.45, 7) is 0. The van der Waals surface area contributed by atoms with Crippen LogP contribution in [0.25, 0.3) is 0 Å². The van der Waals surface area contributed by atoms with Gasteiger partial charge in [-0.05, 0) is 0 Å². The standard InChI is InChI=1S/C5H7N3O3S/c1-12(10,11)5-7-2-3(6)4(9)8-5/h2H,6H2,1H3,(H,7,8,9). The zero-order valence-corrected chi connectivity index (χ0v) is 7.04. The van der Waals surface area contributed by atoms with Crippen molar-refractivity contribution in [2.45, 2.75) is 5.16 Å². The lowest BCUT2D eigenvalue weighted by Gasteiger charge is -1.98. The van der Waals surface area contributed by atoms with Crippen LogP contribution in [0.3, 0.4) is 0 Å². The molecule has 0 saturated carbocycles. The van der Waals surface area contributed by atoms with E-state index in [1.54, 1.807) is 0 Å². The van der Waals surface area contributed by atoms with Crippen LogP contribution in [0, 0.1) is 0 Å². The highest BCUT2D eigenvalue weighted by atomic mass is 32.2. The molecule has 0 aliphatic carbocycles. The highest BCUT2D eigenvalue weighted by molar-refractivity contribution is 7.90. The molecule has 12 heavy (non-hydrogen) atoms. The van der Waals surface area contributed by atoms with Crippen LogP contribution in [0.2, 0.25) is 0 Å². The zero-order chi connectivity index (χ0) is 9.35. The van der Waals surface area contributed by atoms with Gasteiger partial charge in [0.05, 0.1) is 6.20 Å². The summed E-state index contributed by atoms with van der Waals surface area (Å²) in [6.07, 6.45) is 1.98. The van der Waals surface area contributed by atoms with Crippen molar-refractivity contribution < 1.29 is 13.5 Å². The van der Waals surface area contributed by atoms with Crippen molar-refractivity contribution in [3.8, 4) is 5.88 Å². The Bertz CT molecular complexity index is 400. The topological polar surface area (TPSA) is 106 Å². The number of aromatic hydroxyl groups is 1. The molecule has 7 heteroatoms. The van der Waals surface area contributed by atoms with Crippen molar-refractivity contribution >= 4 is 15.5 Å². The summed E-state index contributed by atoms with van der Waals surface area (Å²) in [6, 6.07) is 0. The molecule has 0 aliphatic rings. The summed E-state index contributed by atoms with van der Waals surface area (Å²) in [5, 5.41) is 8.49. The summed E-state index contributed by atoms with van der Waals surface area (Å²) in [4.78, 5) is 6.70. The molecule has 0 radical (unpaired) electrons.